The molecule has 4 heteroatoms. The molecule has 1 amide bonds. The van der Waals surface area contributed by atoms with Gasteiger partial charge in [0.2, 0.25) is 5.91 Å². The molecule has 21 heavy (non-hydrogen) atoms. The van der Waals surface area contributed by atoms with Gasteiger partial charge in [0, 0.05) is 13.6 Å². The lowest BCUT2D eigenvalue weighted by Gasteiger charge is -2.24. The van der Waals surface area contributed by atoms with Crippen LogP contribution in [0.15, 0.2) is 54.6 Å². The highest BCUT2D eigenvalue weighted by atomic mass is 16.5. The Morgan fingerprint density at radius 3 is 2.38 bits per heavy atom. The average Bonchev–Trinajstić information content (AvgIpc) is 2.55. The molecule has 0 radical (unpaired) electrons. The minimum atomic E-state index is -0.360. The van der Waals surface area contributed by atoms with E-state index in [9.17, 15) is 4.79 Å². The van der Waals surface area contributed by atoms with Crippen molar-refractivity contribution in [3.63, 3.8) is 0 Å². The molecule has 0 aliphatic heterocycles. The summed E-state index contributed by atoms with van der Waals surface area (Å²) in [5.74, 6) is 0.256. The Morgan fingerprint density at radius 1 is 1.14 bits per heavy atom. The smallest absolute Gasteiger partial charge is 0.235 e. The van der Waals surface area contributed by atoms with Crippen molar-refractivity contribution in [2.75, 3.05) is 25.6 Å². The van der Waals surface area contributed by atoms with Crippen molar-refractivity contribution in [2.45, 2.75) is 5.92 Å². The van der Waals surface area contributed by atoms with Crippen LogP contribution in [0.1, 0.15) is 11.5 Å². The fourth-order valence-electron chi connectivity index (χ4n) is 2.32. The molecule has 0 spiro atoms. The second-order valence-corrected chi connectivity index (χ2v) is 4.77. The molecule has 0 fully saturated rings. The molecular formula is C17H20N2O2. The quantitative estimate of drug-likeness (QED) is 0.917. The standard InChI is InChI=1S/C17H20N2O2/c1-19(15-10-6-7-11-16(15)21-2)17(20)14(12-18)13-8-4-3-5-9-13/h3-11,14H,12,18H2,1-2H3. The molecule has 0 aliphatic carbocycles. The summed E-state index contributed by atoms with van der Waals surface area (Å²) in [5, 5.41) is 0. The monoisotopic (exact) mass is 284 g/mol. The lowest BCUT2D eigenvalue weighted by atomic mass is 9.97. The van der Waals surface area contributed by atoms with Gasteiger partial charge in [-0.2, -0.15) is 0 Å². The van der Waals surface area contributed by atoms with E-state index in [0.29, 0.717) is 5.75 Å². The van der Waals surface area contributed by atoms with Gasteiger partial charge < -0.3 is 15.4 Å². The number of hydrogen-bond donors (Lipinski definition) is 1. The lowest BCUT2D eigenvalue weighted by Crippen LogP contribution is -2.35. The van der Waals surface area contributed by atoms with E-state index in [1.54, 1.807) is 19.1 Å². The number of rotatable bonds is 5. The zero-order valence-corrected chi connectivity index (χ0v) is 12.3. The van der Waals surface area contributed by atoms with Crippen molar-refractivity contribution < 1.29 is 9.53 Å². The molecule has 2 aromatic rings. The van der Waals surface area contributed by atoms with Gasteiger partial charge >= 0.3 is 0 Å². The maximum absolute atomic E-state index is 12.7. The van der Waals surface area contributed by atoms with E-state index in [-0.39, 0.29) is 18.4 Å². The number of amides is 1. The molecule has 1 atom stereocenters. The second-order valence-electron chi connectivity index (χ2n) is 4.77. The van der Waals surface area contributed by atoms with Gasteiger partial charge in [0.1, 0.15) is 5.75 Å². The number of likely N-dealkylation sites (N-methyl/N-ethyl adjacent to an activating group) is 1. The number of nitrogens with zero attached hydrogens (tertiary/aromatic N) is 1. The van der Waals surface area contributed by atoms with Gasteiger partial charge in [0.15, 0.2) is 0 Å². The molecule has 110 valence electrons. The topological polar surface area (TPSA) is 55.6 Å². The van der Waals surface area contributed by atoms with Crippen molar-refractivity contribution in [3.05, 3.63) is 60.2 Å². The van der Waals surface area contributed by atoms with Crippen LogP contribution in [0.25, 0.3) is 0 Å². The summed E-state index contributed by atoms with van der Waals surface area (Å²) in [5.41, 5.74) is 7.47. The van der Waals surface area contributed by atoms with Gasteiger partial charge in [-0.3, -0.25) is 4.79 Å². The third-order valence-corrected chi connectivity index (χ3v) is 3.51. The summed E-state index contributed by atoms with van der Waals surface area (Å²) < 4.78 is 5.31. The SMILES string of the molecule is COc1ccccc1N(C)C(=O)C(CN)c1ccccc1. The molecule has 1 unspecified atom stereocenters. The second kappa shape index (κ2) is 6.90. The molecule has 4 nitrogen and oxygen atoms in total. The highest BCUT2D eigenvalue weighted by Crippen LogP contribution is 2.29. The molecule has 2 aromatic carbocycles. The first kappa shape index (κ1) is 15.1. The van der Waals surface area contributed by atoms with Gasteiger partial charge in [-0.05, 0) is 17.7 Å². The summed E-state index contributed by atoms with van der Waals surface area (Å²) in [6, 6.07) is 17.0. The summed E-state index contributed by atoms with van der Waals surface area (Å²) in [7, 11) is 3.33. The number of benzene rings is 2. The van der Waals surface area contributed by atoms with E-state index in [4.69, 9.17) is 10.5 Å². The maximum atomic E-state index is 12.7. The maximum Gasteiger partial charge on any atom is 0.235 e. The molecule has 0 aliphatic rings. The van der Waals surface area contributed by atoms with Gasteiger partial charge in [0.25, 0.3) is 0 Å². The number of para-hydroxylation sites is 2. The van der Waals surface area contributed by atoms with Crippen molar-refractivity contribution in [3.8, 4) is 5.75 Å². The molecule has 2 rings (SSSR count). The van der Waals surface area contributed by atoms with Crippen LogP contribution >= 0.6 is 0 Å². The minimum Gasteiger partial charge on any atom is -0.495 e. The lowest BCUT2D eigenvalue weighted by molar-refractivity contribution is -0.119. The Labute approximate surface area is 125 Å². The van der Waals surface area contributed by atoms with Crippen LogP contribution in [0, 0.1) is 0 Å². The van der Waals surface area contributed by atoms with Crippen LogP contribution < -0.4 is 15.4 Å². The number of carbonyl (C=O) groups excluding carboxylic acids is 1. The van der Waals surface area contributed by atoms with Gasteiger partial charge in [-0.15, -0.1) is 0 Å². The first-order valence-corrected chi connectivity index (χ1v) is 6.84. The van der Waals surface area contributed by atoms with E-state index < -0.39 is 0 Å². The Bertz CT molecular complexity index is 599. The molecule has 0 bridgehead atoms. The summed E-state index contributed by atoms with van der Waals surface area (Å²) in [6.07, 6.45) is 0. The third-order valence-electron chi connectivity index (χ3n) is 3.51. The van der Waals surface area contributed by atoms with Gasteiger partial charge in [-0.1, -0.05) is 42.5 Å². The first-order valence-electron chi connectivity index (χ1n) is 6.84. The van der Waals surface area contributed by atoms with Crippen LogP contribution in [0.3, 0.4) is 0 Å². The summed E-state index contributed by atoms with van der Waals surface area (Å²) in [6.45, 7) is 0.266. The number of hydrogen-bond acceptors (Lipinski definition) is 3. The van der Waals surface area contributed by atoms with Gasteiger partial charge in [0.05, 0.1) is 18.7 Å². The predicted octanol–water partition coefficient (Wildman–Crippen LogP) is 2.40. The predicted molar refractivity (Wildman–Crippen MR) is 84.6 cm³/mol. The number of anilines is 1. The van der Waals surface area contributed by atoms with Crippen molar-refractivity contribution in [2.24, 2.45) is 5.73 Å². The number of carbonyl (C=O) groups is 1. The molecule has 2 N–H and O–H groups in total. The Kier molecular flexibility index (Phi) is 4.95. The van der Waals surface area contributed by atoms with Gasteiger partial charge in [-0.25, -0.2) is 0 Å². The number of nitrogens with two attached hydrogens (primary N) is 1. The number of methoxy groups -OCH3 is 1. The zero-order valence-electron chi connectivity index (χ0n) is 12.3. The van der Waals surface area contributed by atoms with Crippen LogP contribution in [-0.4, -0.2) is 26.6 Å². The van der Waals surface area contributed by atoms with Crippen molar-refractivity contribution in [1.82, 2.24) is 0 Å². The normalized spacial score (nSPS) is 11.8. The molecule has 0 saturated carbocycles. The Morgan fingerprint density at radius 2 is 1.76 bits per heavy atom. The molecule has 0 aromatic heterocycles. The van der Waals surface area contributed by atoms with Crippen LogP contribution in [-0.2, 0) is 4.79 Å². The summed E-state index contributed by atoms with van der Waals surface area (Å²) >= 11 is 0. The van der Waals surface area contributed by atoms with E-state index in [1.165, 1.54) is 0 Å². The highest BCUT2D eigenvalue weighted by molar-refractivity contribution is 5.99. The van der Waals surface area contributed by atoms with E-state index in [1.807, 2.05) is 54.6 Å². The number of ether oxygens (including phenoxy) is 1. The zero-order chi connectivity index (χ0) is 15.2. The first-order chi connectivity index (χ1) is 10.2. The molecular weight excluding hydrogens is 264 g/mol. The Balaban J connectivity index is 2.29. The summed E-state index contributed by atoms with van der Waals surface area (Å²) in [4.78, 5) is 14.3. The van der Waals surface area contributed by atoms with Crippen molar-refractivity contribution in [1.29, 1.82) is 0 Å². The average molecular weight is 284 g/mol. The van der Waals surface area contributed by atoms with Crippen LogP contribution in [0.5, 0.6) is 5.75 Å². The molecule has 0 saturated heterocycles. The highest BCUT2D eigenvalue weighted by Gasteiger charge is 2.24. The van der Waals surface area contributed by atoms with E-state index in [0.717, 1.165) is 11.3 Å². The van der Waals surface area contributed by atoms with Crippen LogP contribution in [0.4, 0.5) is 5.69 Å². The third kappa shape index (κ3) is 3.23. The van der Waals surface area contributed by atoms with Crippen molar-refractivity contribution >= 4 is 11.6 Å². The van der Waals surface area contributed by atoms with E-state index >= 15 is 0 Å². The van der Waals surface area contributed by atoms with E-state index in [2.05, 4.69) is 0 Å². The fourth-order valence-corrected chi connectivity index (χ4v) is 2.32. The molecule has 0 heterocycles. The van der Waals surface area contributed by atoms with Crippen LogP contribution in [0.2, 0.25) is 0 Å². The minimum absolute atomic E-state index is 0.0480. The fraction of sp³-hybridized carbons (Fsp3) is 0.235. The Hall–Kier alpha value is -2.33. The largest absolute Gasteiger partial charge is 0.495 e.